The van der Waals surface area contributed by atoms with Crippen molar-refractivity contribution in [1.29, 1.82) is 0 Å². The van der Waals surface area contributed by atoms with E-state index in [0.29, 0.717) is 5.52 Å². The van der Waals surface area contributed by atoms with E-state index >= 15 is 0 Å². The molecule has 21 heavy (non-hydrogen) atoms. The highest BCUT2D eigenvalue weighted by atomic mass is 19.1. The van der Waals surface area contributed by atoms with Crippen LogP contribution in [0, 0.1) is 0 Å². The van der Waals surface area contributed by atoms with Gasteiger partial charge in [-0.3, -0.25) is 4.57 Å². The van der Waals surface area contributed by atoms with Crippen LogP contribution in [-0.2, 0) is 4.74 Å². The van der Waals surface area contributed by atoms with Gasteiger partial charge in [0, 0.05) is 0 Å². The fourth-order valence-electron chi connectivity index (χ4n) is 2.44. The molecule has 0 amide bonds. The van der Waals surface area contributed by atoms with Crippen LogP contribution in [0.25, 0.3) is 11.2 Å². The van der Waals surface area contributed by atoms with Crippen LogP contribution in [0.15, 0.2) is 12.7 Å². The van der Waals surface area contributed by atoms with E-state index in [9.17, 15) is 19.7 Å². The number of fused-ring (bicyclic) bond motifs is 1. The molecule has 2 aromatic rings. The fourth-order valence-corrected chi connectivity index (χ4v) is 2.44. The SMILES string of the molecule is Nc1ncnc2c1ncn2[C@@H]1O[C@H](CO)[C@](O)(CF)[C@H]1O. The maximum absolute atomic E-state index is 13.1. The third kappa shape index (κ3) is 1.87. The number of aliphatic hydroxyl groups excluding tert-OH is 2. The van der Waals surface area contributed by atoms with Gasteiger partial charge in [0.2, 0.25) is 0 Å². The van der Waals surface area contributed by atoms with Gasteiger partial charge < -0.3 is 25.8 Å². The minimum Gasteiger partial charge on any atom is -0.394 e. The molecule has 1 aliphatic rings. The number of alkyl halides is 1. The Morgan fingerprint density at radius 1 is 1.43 bits per heavy atom. The predicted molar refractivity (Wildman–Crippen MR) is 67.7 cm³/mol. The van der Waals surface area contributed by atoms with Crippen molar-refractivity contribution in [2.24, 2.45) is 0 Å². The van der Waals surface area contributed by atoms with Crippen molar-refractivity contribution >= 4 is 17.0 Å². The van der Waals surface area contributed by atoms with Gasteiger partial charge in [0.15, 0.2) is 23.3 Å². The van der Waals surface area contributed by atoms with E-state index in [1.165, 1.54) is 17.2 Å². The molecule has 0 aliphatic carbocycles. The third-order valence-electron chi connectivity index (χ3n) is 3.68. The average molecular weight is 299 g/mol. The van der Waals surface area contributed by atoms with Crippen LogP contribution >= 0.6 is 0 Å². The quantitative estimate of drug-likeness (QED) is 0.529. The van der Waals surface area contributed by atoms with Gasteiger partial charge in [0.25, 0.3) is 0 Å². The molecule has 0 spiro atoms. The maximum atomic E-state index is 13.1. The van der Waals surface area contributed by atoms with Crippen LogP contribution in [0.3, 0.4) is 0 Å². The normalized spacial score (nSPS) is 32.9. The molecule has 4 atom stereocenters. The molecule has 114 valence electrons. The number of nitrogens with zero attached hydrogens (tertiary/aromatic N) is 4. The largest absolute Gasteiger partial charge is 0.394 e. The van der Waals surface area contributed by atoms with E-state index < -0.39 is 37.3 Å². The van der Waals surface area contributed by atoms with Gasteiger partial charge in [-0.2, -0.15) is 0 Å². The number of anilines is 1. The molecule has 10 heteroatoms. The van der Waals surface area contributed by atoms with Gasteiger partial charge in [-0.15, -0.1) is 0 Å². The van der Waals surface area contributed by atoms with E-state index in [1.54, 1.807) is 0 Å². The Morgan fingerprint density at radius 3 is 2.81 bits per heavy atom. The minimum atomic E-state index is -2.20. The van der Waals surface area contributed by atoms with Crippen LogP contribution in [0.1, 0.15) is 6.23 Å². The molecule has 0 saturated carbocycles. The zero-order valence-corrected chi connectivity index (χ0v) is 10.8. The highest BCUT2D eigenvalue weighted by molar-refractivity contribution is 5.81. The van der Waals surface area contributed by atoms with Gasteiger partial charge >= 0.3 is 0 Å². The second kappa shape index (κ2) is 4.84. The van der Waals surface area contributed by atoms with Crippen LogP contribution < -0.4 is 5.73 Å². The topological polar surface area (TPSA) is 140 Å². The average Bonchev–Trinajstić information content (AvgIpc) is 3.01. The lowest BCUT2D eigenvalue weighted by atomic mass is 9.94. The number of halogens is 1. The van der Waals surface area contributed by atoms with Gasteiger partial charge in [-0.05, 0) is 0 Å². The number of nitrogens with two attached hydrogens (primary N) is 1. The van der Waals surface area contributed by atoms with Gasteiger partial charge in [0.05, 0.1) is 12.9 Å². The summed E-state index contributed by atoms with van der Waals surface area (Å²) in [6, 6.07) is 0. The third-order valence-corrected chi connectivity index (χ3v) is 3.68. The van der Waals surface area contributed by atoms with E-state index in [2.05, 4.69) is 15.0 Å². The molecule has 1 fully saturated rings. The number of hydrogen-bond acceptors (Lipinski definition) is 8. The molecule has 1 aliphatic heterocycles. The zero-order valence-electron chi connectivity index (χ0n) is 10.8. The highest BCUT2D eigenvalue weighted by Crippen LogP contribution is 2.38. The second-order valence-electron chi connectivity index (χ2n) is 4.85. The van der Waals surface area contributed by atoms with Crippen molar-refractivity contribution in [1.82, 2.24) is 19.5 Å². The molecule has 9 nitrogen and oxygen atoms in total. The van der Waals surface area contributed by atoms with Crippen molar-refractivity contribution in [2.45, 2.75) is 24.0 Å². The monoisotopic (exact) mass is 299 g/mol. The number of aliphatic hydroxyl groups is 3. The van der Waals surface area contributed by atoms with E-state index in [-0.39, 0.29) is 11.5 Å². The lowest BCUT2D eigenvalue weighted by Crippen LogP contribution is -2.51. The zero-order chi connectivity index (χ0) is 15.2. The Balaban J connectivity index is 2.06. The Bertz CT molecular complexity index is 667. The fraction of sp³-hybridized carbons (Fsp3) is 0.545. The summed E-state index contributed by atoms with van der Waals surface area (Å²) in [5, 5.41) is 29.5. The molecule has 0 radical (unpaired) electrons. The number of imidazole rings is 1. The maximum Gasteiger partial charge on any atom is 0.167 e. The van der Waals surface area contributed by atoms with Gasteiger partial charge in [-0.1, -0.05) is 0 Å². The first-order chi connectivity index (χ1) is 10.0. The van der Waals surface area contributed by atoms with Crippen molar-refractivity contribution in [2.75, 3.05) is 19.0 Å². The molecule has 2 aromatic heterocycles. The Kier molecular flexibility index (Phi) is 3.24. The molecular formula is C11H14FN5O4. The Hall–Kier alpha value is -1.88. The van der Waals surface area contributed by atoms with E-state index in [4.69, 9.17) is 10.5 Å². The molecule has 0 bridgehead atoms. The minimum absolute atomic E-state index is 0.144. The Morgan fingerprint density at radius 2 is 2.19 bits per heavy atom. The highest BCUT2D eigenvalue weighted by Gasteiger charge is 2.56. The molecular weight excluding hydrogens is 285 g/mol. The standard InChI is InChI=1S/C11H14FN5O4/c12-2-11(20)5(1-18)21-10(7(11)19)17-4-16-6-8(13)14-3-15-9(6)17/h3-5,7,10,18-20H,1-2H2,(H2,13,14,15)/t5-,7+,10-,11-/m1/s1. The summed E-state index contributed by atoms with van der Waals surface area (Å²) in [7, 11) is 0. The molecule has 3 heterocycles. The first-order valence-electron chi connectivity index (χ1n) is 6.18. The predicted octanol–water partition coefficient (Wildman–Crippen LogP) is -1.64. The van der Waals surface area contributed by atoms with Crippen LogP contribution in [-0.4, -0.2) is 65.9 Å². The van der Waals surface area contributed by atoms with Crippen molar-refractivity contribution in [3.63, 3.8) is 0 Å². The van der Waals surface area contributed by atoms with Gasteiger partial charge in [-0.25, -0.2) is 19.3 Å². The first-order valence-corrected chi connectivity index (χ1v) is 6.18. The van der Waals surface area contributed by atoms with Crippen LogP contribution in [0.5, 0.6) is 0 Å². The summed E-state index contributed by atoms with van der Waals surface area (Å²) in [5.74, 6) is 0.144. The van der Waals surface area contributed by atoms with Crippen LogP contribution in [0.2, 0.25) is 0 Å². The molecule has 5 N–H and O–H groups in total. The first kappa shape index (κ1) is 14.1. The second-order valence-corrected chi connectivity index (χ2v) is 4.85. The number of aromatic nitrogens is 4. The van der Waals surface area contributed by atoms with Crippen LogP contribution in [0.4, 0.5) is 10.2 Å². The summed E-state index contributed by atoms with van der Waals surface area (Å²) in [5.41, 5.74) is 4.02. The lowest BCUT2D eigenvalue weighted by Gasteiger charge is -2.26. The van der Waals surface area contributed by atoms with Gasteiger partial charge in [0.1, 0.15) is 30.7 Å². The summed E-state index contributed by atoms with van der Waals surface area (Å²) < 4.78 is 19.8. The van der Waals surface area contributed by atoms with Crippen molar-refractivity contribution in [3.05, 3.63) is 12.7 Å². The molecule has 0 unspecified atom stereocenters. The van der Waals surface area contributed by atoms with E-state index in [1.807, 2.05) is 0 Å². The number of ether oxygens (including phenoxy) is 1. The molecule has 3 rings (SSSR count). The van der Waals surface area contributed by atoms with Crippen molar-refractivity contribution in [3.8, 4) is 0 Å². The number of rotatable bonds is 3. The van der Waals surface area contributed by atoms with E-state index in [0.717, 1.165) is 0 Å². The number of nitrogen functional groups attached to an aromatic ring is 1. The molecule has 1 saturated heterocycles. The summed E-state index contributed by atoms with van der Waals surface area (Å²) in [6.45, 7) is -1.91. The summed E-state index contributed by atoms with van der Waals surface area (Å²) >= 11 is 0. The Labute approximate surface area is 117 Å². The molecule has 0 aromatic carbocycles. The smallest absolute Gasteiger partial charge is 0.167 e. The number of hydrogen-bond donors (Lipinski definition) is 4. The lowest BCUT2D eigenvalue weighted by molar-refractivity contribution is -0.104. The van der Waals surface area contributed by atoms with Crippen molar-refractivity contribution < 1.29 is 24.4 Å². The summed E-state index contributed by atoms with van der Waals surface area (Å²) in [4.78, 5) is 11.8. The summed E-state index contributed by atoms with van der Waals surface area (Å²) in [6.07, 6.45) is -1.51.